The van der Waals surface area contributed by atoms with Gasteiger partial charge in [0.2, 0.25) is 0 Å². The number of rotatable bonds is 8. The minimum absolute atomic E-state index is 0.119. The van der Waals surface area contributed by atoms with E-state index in [2.05, 4.69) is 24.3 Å². The molecule has 0 unspecified atom stereocenters. The molecule has 0 spiro atoms. The molecule has 1 aliphatic rings. The quantitative estimate of drug-likeness (QED) is 0.214. The maximum Gasteiger partial charge on any atom is 0.143 e. The zero-order valence-corrected chi connectivity index (χ0v) is 22.2. The van der Waals surface area contributed by atoms with Crippen LogP contribution in [0.4, 0.5) is 0 Å². The topological polar surface area (TPSA) is 54.6 Å². The Balaban J connectivity index is 1.44. The molecule has 0 amide bonds. The van der Waals surface area contributed by atoms with Crippen molar-refractivity contribution in [3.05, 3.63) is 135 Å². The van der Waals surface area contributed by atoms with Crippen molar-refractivity contribution < 1.29 is 9.47 Å². The van der Waals surface area contributed by atoms with Crippen LogP contribution in [0.15, 0.2) is 102 Å². The molecule has 0 aromatic heterocycles. The third kappa shape index (κ3) is 6.44. The van der Waals surface area contributed by atoms with Gasteiger partial charge in [0.05, 0.1) is 13.2 Å². The van der Waals surface area contributed by atoms with Crippen LogP contribution in [0.3, 0.4) is 0 Å². The standard InChI is InChI=1S/C32H26Cl2N2O2/c33-27-11-8-23(9-12-27)31(20-35)36-32(24-4-2-1-3-5-24)25-10-15-30(34)26(19-25)18-22-6-13-28(14-7-22)38-29-16-17-37-21-29/h1-15,19,29,32H,16-18,21H2/t29-,32+/m1/s1. The van der Waals surface area contributed by atoms with E-state index in [0.717, 1.165) is 46.6 Å². The molecule has 2 atom stereocenters. The first-order valence-corrected chi connectivity index (χ1v) is 13.2. The highest BCUT2D eigenvalue weighted by molar-refractivity contribution is 6.31. The number of nitrogens with zero attached hydrogens (tertiary/aromatic N) is 2. The average Bonchev–Trinajstić information content (AvgIpc) is 3.46. The van der Waals surface area contributed by atoms with E-state index in [1.54, 1.807) is 12.1 Å². The van der Waals surface area contributed by atoms with Crippen molar-refractivity contribution in [2.75, 3.05) is 13.2 Å². The lowest BCUT2D eigenvalue weighted by Gasteiger charge is -2.17. The largest absolute Gasteiger partial charge is 0.488 e. The van der Waals surface area contributed by atoms with Gasteiger partial charge < -0.3 is 9.47 Å². The van der Waals surface area contributed by atoms with Crippen LogP contribution in [0.25, 0.3) is 0 Å². The maximum atomic E-state index is 9.94. The number of halogens is 2. The Hall–Kier alpha value is -3.62. The van der Waals surface area contributed by atoms with Crippen molar-refractivity contribution in [2.45, 2.75) is 25.0 Å². The van der Waals surface area contributed by atoms with Crippen LogP contribution in [0, 0.1) is 11.3 Å². The Morgan fingerprint density at radius 3 is 2.39 bits per heavy atom. The highest BCUT2D eigenvalue weighted by atomic mass is 35.5. The summed E-state index contributed by atoms with van der Waals surface area (Å²) in [5.74, 6) is 0.841. The van der Waals surface area contributed by atoms with Gasteiger partial charge in [-0.25, -0.2) is 0 Å². The van der Waals surface area contributed by atoms with Gasteiger partial charge in [-0.15, -0.1) is 0 Å². The molecular weight excluding hydrogens is 515 g/mol. The highest BCUT2D eigenvalue weighted by Gasteiger charge is 2.18. The molecule has 0 bridgehead atoms. The molecule has 4 aromatic carbocycles. The summed E-state index contributed by atoms with van der Waals surface area (Å²) in [6.07, 6.45) is 1.70. The van der Waals surface area contributed by atoms with Gasteiger partial charge in [0, 0.05) is 22.0 Å². The zero-order chi connectivity index (χ0) is 26.3. The summed E-state index contributed by atoms with van der Waals surface area (Å²) in [6.45, 7) is 1.39. The fourth-order valence-electron chi connectivity index (χ4n) is 4.49. The molecule has 0 saturated carbocycles. The van der Waals surface area contributed by atoms with Crippen LogP contribution in [-0.4, -0.2) is 25.0 Å². The fraction of sp³-hybridized carbons (Fsp3) is 0.188. The molecule has 5 rings (SSSR count). The molecule has 1 aliphatic heterocycles. The molecule has 4 aromatic rings. The Morgan fingerprint density at radius 1 is 0.947 bits per heavy atom. The Kier molecular flexibility index (Phi) is 8.41. The average molecular weight is 541 g/mol. The predicted molar refractivity (Wildman–Crippen MR) is 152 cm³/mol. The molecule has 0 N–H and O–H groups in total. The second-order valence-corrected chi connectivity index (χ2v) is 10.0. The Morgan fingerprint density at radius 2 is 1.71 bits per heavy atom. The third-order valence-corrected chi connectivity index (χ3v) is 7.11. The SMILES string of the molecule is N#CC(=N[C@@H](c1ccccc1)c1ccc(Cl)c(Cc2ccc(O[C@@H]3CCOC3)cc2)c1)c1ccc(Cl)cc1. The molecule has 1 fully saturated rings. The van der Waals surface area contributed by atoms with E-state index < -0.39 is 0 Å². The van der Waals surface area contributed by atoms with E-state index in [9.17, 15) is 5.26 Å². The number of aliphatic imine (C=N–C) groups is 1. The van der Waals surface area contributed by atoms with Gasteiger partial charge in [-0.2, -0.15) is 5.26 Å². The van der Waals surface area contributed by atoms with Crippen LogP contribution in [0.2, 0.25) is 10.0 Å². The van der Waals surface area contributed by atoms with Crippen molar-refractivity contribution in [1.82, 2.24) is 0 Å². The normalized spacial score (nSPS) is 16.1. The number of ether oxygens (including phenoxy) is 2. The summed E-state index contributed by atoms with van der Waals surface area (Å²) in [6, 6.07) is 33.1. The first-order chi connectivity index (χ1) is 18.6. The molecule has 1 saturated heterocycles. The van der Waals surface area contributed by atoms with E-state index in [1.807, 2.05) is 66.7 Å². The molecule has 0 aliphatic carbocycles. The van der Waals surface area contributed by atoms with E-state index in [4.69, 9.17) is 37.7 Å². The van der Waals surface area contributed by atoms with Crippen LogP contribution in [-0.2, 0) is 11.2 Å². The van der Waals surface area contributed by atoms with Crippen LogP contribution in [0.1, 0.15) is 40.3 Å². The lowest BCUT2D eigenvalue weighted by molar-refractivity contribution is 0.141. The molecule has 38 heavy (non-hydrogen) atoms. The second-order valence-electron chi connectivity index (χ2n) is 9.18. The summed E-state index contributed by atoms with van der Waals surface area (Å²) in [5.41, 5.74) is 5.12. The molecule has 4 nitrogen and oxygen atoms in total. The smallest absolute Gasteiger partial charge is 0.143 e. The van der Waals surface area contributed by atoms with Gasteiger partial charge in [0.15, 0.2) is 0 Å². The third-order valence-electron chi connectivity index (χ3n) is 6.49. The van der Waals surface area contributed by atoms with Gasteiger partial charge in [-0.1, -0.05) is 89.9 Å². The number of nitriles is 1. The van der Waals surface area contributed by atoms with Gasteiger partial charge >= 0.3 is 0 Å². The first kappa shape index (κ1) is 26.0. The summed E-state index contributed by atoms with van der Waals surface area (Å²) in [7, 11) is 0. The zero-order valence-electron chi connectivity index (χ0n) is 20.7. The summed E-state index contributed by atoms with van der Waals surface area (Å²) in [5, 5.41) is 11.2. The number of hydrogen-bond acceptors (Lipinski definition) is 4. The Bertz CT molecular complexity index is 1440. The van der Waals surface area contributed by atoms with E-state index in [-0.39, 0.29) is 12.1 Å². The van der Waals surface area contributed by atoms with Crippen LogP contribution >= 0.6 is 23.2 Å². The van der Waals surface area contributed by atoms with Gasteiger partial charge in [-0.3, -0.25) is 4.99 Å². The van der Waals surface area contributed by atoms with Crippen LogP contribution in [0.5, 0.6) is 5.75 Å². The van der Waals surface area contributed by atoms with Crippen molar-refractivity contribution in [2.24, 2.45) is 4.99 Å². The van der Waals surface area contributed by atoms with Gasteiger partial charge in [-0.05, 0) is 59.0 Å². The molecule has 0 radical (unpaired) electrons. The van der Waals surface area contributed by atoms with Gasteiger partial charge in [0.1, 0.15) is 29.7 Å². The van der Waals surface area contributed by atoms with E-state index >= 15 is 0 Å². The van der Waals surface area contributed by atoms with Gasteiger partial charge in [0.25, 0.3) is 0 Å². The maximum absolute atomic E-state index is 9.94. The van der Waals surface area contributed by atoms with Crippen molar-refractivity contribution in [3.63, 3.8) is 0 Å². The lowest BCUT2D eigenvalue weighted by atomic mass is 9.95. The second kappa shape index (κ2) is 12.3. The van der Waals surface area contributed by atoms with Crippen molar-refractivity contribution >= 4 is 28.9 Å². The monoisotopic (exact) mass is 540 g/mol. The van der Waals surface area contributed by atoms with Crippen molar-refractivity contribution in [1.29, 1.82) is 5.26 Å². The molecule has 190 valence electrons. The summed E-state index contributed by atoms with van der Waals surface area (Å²) < 4.78 is 11.4. The van der Waals surface area contributed by atoms with E-state index in [1.165, 1.54) is 0 Å². The number of benzene rings is 4. The summed E-state index contributed by atoms with van der Waals surface area (Å²) in [4.78, 5) is 4.92. The fourth-order valence-corrected chi connectivity index (χ4v) is 4.80. The highest BCUT2D eigenvalue weighted by Crippen LogP contribution is 2.31. The Labute approximate surface area is 233 Å². The minimum Gasteiger partial charge on any atom is -0.488 e. The molecule has 1 heterocycles. The molecular formula is C32H26Cl2N2O2. The van der Waals surface area contributed by atoms with E-state index in [0.29, 0.717) is 28.8 Å². The first-order valence-electron chi connectivity index (χ1n) is 12.5. The lowest BCUT2D eigenvalue weighted by Crippen LogP contribution is -2.15. The van der Waals surface area contributed by atoms with Crippen LogP contribution < -0.4 is 4.74 Å². The number of hydrogen-bond donors (Lipinski definition) is 0. The minimum atomic E-state index is -0.373. The predicted octanol–water partition coefficient (Wildman–Crippen LogP) is 7.85. The van der Waals surface area contributed by atoms with Crippen molar-refractivity contribution in [3.8, 4) is 11.8 Å². The molecule has 6 heteroatoms. The summed E-state index contributed by atoms with van der Waals surface area (Å²) >= 11 is 12.7.